The average Bonchev–Trinajstić information content (AvgIpc) is 3.15. The van der Waals surface area contributed by atoms with Gasteiger partial charge in [0.25, 0.3) is 11.2 Å². The molecule has 7 nitrogen and oxygen atoms in total. The molecule has 4 rings (SSSR count). The Labute approximate surface area is 140 Å². The molecule has 0 bridgehead atoms. The van der Waals surface area contributed by atoms with Crippen molar-refractivity contribution in [1.82, 2.24) is 9.66 Å². The van der Waals surface area contributed by atoms with Crippen LogP contribution in [0.1, 0.15) is 22.4 Å². The zero-order valence-electron chi connectivity index (χ0n) is 12.5. The summed E-state index contributed by atoms with van der Waals surface area (Å²) in [6.45, 7) is 0. The van der Waals surface area contributed by atoms with Gasteiger partial charge < -0.3 is 0 Å². The maximum absolute atomic E-state index is 12.7. The van der Waals surface area contributed by atoms with Crippen molar-refractivity contribution < 1.29 is 4.92 Å². The fourth-order valence-corrected chi connectivity index (χ4v) is 4.12. The van der Waals surface area contributed by atoms with E-state index in [0.29, 0.717) is 10.9 Å². The first-order chi connectivity index (χ1) is 11.6. The summed E-state index contributed by atoms with van der Waals surface area (Å²) in [6, 6.07) is 6.08. The SMILES string of the molecule is O=c1c2c3c(sc2ncn1N=Cc1cccc([N+](=O)[O-])c1)CCC3. The summed E-state index contributed by atoms with van der Waals surface area (Å²) in [6.07, 6.45) is 5.80. The lowest BCUT2D eigenvalue weighted by Gasteiger charge is -1.99. The summed E-state index contributed by atoms with van der Waals surface area (Å²) in [5.41, 5.74) is 1.44. The number of nitro benzene ring substituents is 1. The Morgan fingerprint density at radius 3 is 3.08 bits per heavy atom. The molecule has 2 heterocycles. The van der Waals surface area contributed by atoms with Crippen molar-refractivity contribution in [2.24, 2.45) is 5.10 Å². The zero-order valence-corrected chi connectivity index (χ0v) is 13.3. The van der Waals surface area contributed by atoms with Crippen molar-refractivity contribution in [3.8, 4) is 0 Å². The first-order valence-corrected chi connectivity index (χ1v) is 8.26. The van der Waals surface area contributed by atoms with Gasteiger partial charge in [-0.3, -0.25) is 14.9 Å². The third kappa shape index (κ3) is 2.41. The Kier molecular flexibility index (Phi) is 3.46. The topological polar surface area (TPSA) is 90.4 Å². The van der Waals surface area contributed by atoms with Crippen molar-refractivity contribution in [1.29, 1.82) is 0 Å². The van der Waals surface area contributed by atoms with Crippen molar-refractivity contribution in [2.45, 2.75) is 19.3 Å². The number of rotatable bonds is 3. The number of non-ortho nitro benzene ring substituents is 1. The van der Waals surface area contributed by atoms with Gasteiger partial charge in [-0.15, -0.1) is 11.3 Å². The third-order valence-electron chi connectivity index (χ3n) is 4.02. The highest BCUT2D eigenvalue weighted by Crippen LogP contribution is 2.34. The van der Waals surface area contributed by atoms with Crippen LogP contribution in [0, 0.1) is 10.1 Å². The molecule has 2 aromatic heterocycles. The molecule has 8 heteroatoms. The molecule has 24 heavy (non-hydrogen) atoms. The van der Waals surface area contributed by atoms with Crippen LogP contribution < -0.4 is 5.56 Å². The summed E-state index contributed by atoms with van der Waals surface area (Å²) >= 11 is 1.58. The Bertz CT molecular complexity index is 1050. The number of thiophene rings is 1. The molecule has 0 amide bonds. The molecule has 0 N–H and O–H groups in total. The zero-order chi connectivity index (χ0) is 16.7. The molecule has 0 unspecified atom stereocenters. The summed E-state index contributed by atoms with van der Waals surface area (Å²) in [4.78, 5) is 29.3. The number of nitrogens with zero attached hydrogens (tertiary/aromatic N) is 4. The highest BCUT2D eigenvalue weighted by molar-refractivity contribution is 7.18. The molecule has 1 aromatic carbocycles. The van der Waals surface area contributed by atoms with Crippen LogP contribution in [0.2, 0.25) is 0 Å². The van der Waals surface area contributed by atoms with Crippen molar-refractivity contribution in [3.63, 3.8) is 0 Å². The highest BCUT2D eigenvalue weighted by atomic mass is 32.1. The van der Waals surface area contributed by atoms with Crippen molar-refractivity contribution >= 4 is 33.5 Å². The number of fused-ring (bicyclic) bond motifs is 3. The number of nitro groups is 1. The van der Waals surface area contributed by atoms with E-state index >= 15 is 0 Å². The molecule has 0 aliphatic heterocycles. The van der Waals surface area contributed by atoms with Gasteiger partial charge in [0.2, 0.25) is 0 Å². The number of hydrogen-bond acceptors (Lipinski definition) is 6. The van der Waals surface area contributed by atoms with E-state index in [-0.39, 0.29) is 11.2 Å². The quantitative estimate of drug-likeness (QED) is 0.416. The maximum atomic E-state index is 12.7. The standard InChI is InChI=1S/C16H12N4O3S/c21-16-14-12-5-2-6-13(12)24-15(14)17-9-19(16)18-8-10-3-1-4-11(7-10)20(22)23/h1,3-4,7-9H,2,5-6H2. The van der Waals surface area contributed by atoms with Gasteiger partial charge in [-0.1, -0.05) is 12.1 Å². The third-order valence-corrected chi connectivity index (χ3v) is 5.22. The summed E-state index contributed by atoms with van der Waals surface area (Å²) in [7, 11) is 0. The summed E-state index contributed by atoms with van der Waals surface area (Å²) in [5, 5.41) is 15.6. The first kappa shape index (κ1) is 14.7. The van der Waals surface area contributed by atoms with Crippen LogP contribution in [0.3, 0.4) is 0 Å². The van der Waals surface area contributed by atoms with E-state index in [0.717, 1.165) is 29.7 Å². The second-order valence-corrected chi connectivity index (χ2v) is 6.61. The molecule has 0 spiro atoms. The van der Waals surface area contributed by atoms with E-state index in [1.54, 1.807) is 23.5 Å². The summed E-state index contributed by atoms with van der Waals surface area (Å²) < 4.78 is 1.19. The lowest BCUT2D eigenvalue weighted by molar-refractivity contribution is -0.384. The Morgan fingerprint density at radius 1 is 1.38 bits per heavy atom. The van der Waals surface area contributed by atoms with Crippen LogP contribution in [0.5, 0.6) is 0 Å². The van der Waals surface area contributed by atoms with E-state index in [4.69, 9.17) is 0 Å². The second kappa shape index (κ2) is 5.64. The second-order valence-electron chi connectivity index (χ2n) is 5.53. The highest BCUT2D eigenvalue weighted by Gasteiger charge is 2.21. The van der Waals surface area contributed by atoms with Gasteiger partial charge >= 0.3 is 0 Å². The van der Waals surface area contributed by atoms with Crippen molar-refractivity contribution in [2.75, 3.05) is 0 Å². The van der Waals surface area contributed by atoms with Crippen LogP contribution in [-0.4, -0.2) is 20.8 Å². The molecule has 0 fully saturated rings. The molecule has 1 aliphatic rings. The first-order valence-electron chi connectivity index (χ1n) is 7.44. The molecule has 0 atom stereocenters. The van der Waals surface area contributed by atoms with Crippen LogP contribution in [-0.2, 0) is 12.8 Å². The minimum absolute atomic E-state index is 0.0180. The Morgan fingerprint density at radius 2 is 2.25 bits per heavy atom. The monoisotopic (exact) mass is 340 g/mol. The van der Waals surface area contributed by atoms with E-state index in [1.807, 2.05) is 0 Å². The average molecular weight is 340 g/mol. The molecule has 3 aromatic rings. The Hall–Kier alpha value is -2.87. The predicted octanol–water partition coefficient (Wildman–Crippen LogP) is 2.74. The molecule has 0 radical (unpaired) electrons. The van der Waals surface area contributed by atoms with Gasteiger partial charge in [0.1, 0.15) is 11.2 Å². The largest absolute Gasteiger partial charge is 0.282 e. The van der Waals surface area contributed by atoms with Gasteiger partial charge in [-0.25, -0.2) is 4.98 Å². The minimum atomic E-state index is -0.466. The van der Waals surface area contributed by atoms with Gasteiger partial charge in [-0.05, 0) is 24.8 Å². The fraction of sp³-hybridized carbons (Fsp3) is 0.188. The molecule has 120 valence electrons. The van der Waals surface area contributed by atoms with Crippen LogP contribution >= 0.6 is 11.3 Å². The van der Waals surface area contributed by atoms with E-state index in [2.05, 4.69) is 10.1 Å². The van der Waals surface area contributed by atoms with E-state index < -0.39 is 4.92 Å². The van der Waals surface area contributed by atoms with E-state index in [1.165, 1.54) is 34.2 Å². The molecular formula is C16H12N4O3S. The van der Waals surface area contributed by atoms with Crippen LogP contribution in [0.25, 0.3) is 10.2 Å². The van der Waals surface area contributed by atoms with Gasteiger partial charge in [0, 0.05) is 22.6 Å². The lowest BCUT2D eigenvalue weighted by atomic mass is 10.2. The fourth-order valence-electron chi connectivity index (χ4n) is 2.91. The van der Waals surface area contributed by atoms with Crippen LogP contribution in [0.15, 0.2) is 40.5 Å². The normalized spacial score (nSPS) is 13.7. The van der Waals surface area contributed by atoms with Gasteiger partial charge in [-0.2, -0.15) is 9.78 Å². The van der Waals surface area contributed by atoms with Crippen molar-refractivity contribution in [3.05, 3.63) is 67.1 Å². The van der Waals surface area contributed by atoms with E-state index in [9.17, 15) is 14.9 Å². The number of aromatic nitrogens is 2. The molecule has 0 saturated carbocycles. The number of hydrogen-bond donors (Lipinski definition) is 0. The van der Waals surface area contributed by atoms with Crippen LogP contribution in [0.4, 0.5) is 5.69 Å². The predicted molar refractivity (Wildman–Crippen MR) is 92.0 cm³/mol. The smallest absolute Gasteiger partial charge is 0.267 e. The molecule has 0 saturated heterocycles. The van der Waals surface area contributed by atoms with Gasteiger partial charge in [0.05, 0.1) is 16.5 Å². The maximum Gasteiger partial charge on any atom is 0.282 e. The summed E-state index contributed by atoms with van der Waals surface area (Å²) in [5.74, 6) is 0. The molecule has 1 aliphatic carbocycles. The number of benzene rings is 1. The molecular weight excluding hydrogens is 328 g/mol. The lowest BCUT2D eigenvalue weighted by Crippen LogP contribution is -2.17. The van der Waals surface area contributed by atoms with Gasteiger partial charge in [0.15, 0.2) is 0 Å². The Balaban J connectivity index is 1.75. The minimum Gasteiger partial charge on any atom is -0.267 e. The number of aryl methyl sites for hydroxylation is 2.